The van der Waals surface area contributed by atoms with Gasteiger partial charge in [-0.15, -0.1) is 0 Å². The van der Waals surface area contributed by atoms with Crippen LogP contribution < -0.4 is 0 Å². The predicted molar refractivity (Wildman–Crippen MR) is 111 cm³/mol. The zero-order valence-electron chi connectivity index (χ0n) is 15.4. The van der Waals surface area contributed by atoms with Crippen molar-refractivity contribution in [2.45, 2.75) is 25.3 Å². The molecule has 1 aromatic heterocycles. The largest absolute Gasteiger partial charge is 0.330 e. The van der Waals surface area contributed by atoms with E-state index in [0.717, 1.165) is 19.4 Å². The summed E-state index contributed by atoms with van der Waals surface area (Å²) in [5.41, 5.74) is 5.31. The van der Waals surface area contributed by atoms with Gasteiger partial charge >= 0.3 is 0 Å². The summed E-state index contributed by atoms with van der Waals surface area (Å²) in [6.45, 7) is 0.852. The van der Waals surface area contributed by atoms with E-state index in [1.54, 1.807) is 0 Å². The molecule has 3 aromatic carbocycles. The summed E-state index contributed by atoms with van der Waals surface area (Å²) in [4.78, 5) is 4.48. The molecule has 4 aromatic rings. The van der Waals surface area contributed by atoms with Gasteiger partial charge in [0.05, 0.1) is 6.33 Å². The summed E-state index contributed by atoms with van der Waals surface area (Å²) in [6.07, 6.45) is 6.11. The highest BCUT2D eigenvalue weighted by atomic mass is 15.0. The Balaban J connectivity index is 1.62. The van der Waals surface area contributed by atoms with E-state index in [0.29, 0.717) is 5.92 Å². The summed E-state index contributed by atoms with van der Waals surface area (Å²) in [5.74, 6) is 0.331. The Kier molecular flexibility index (Phi) is 5.44. The number of nitrogens with zero attached hydrogens (tertiary/aromatic N) is 2. The first-order valence-corrected chi connectivity index (χ1v) is 9.53. The molecule has 0 amide bonds. The molecule has 0 spiro atoms. The van der Waals surface area contributed by atoms with E-state index >= 15 is 0 Å². The number of imidazole rings is 1. The average Bonchev–Trinajstić information content (AvgIpc) is 3.18. The SMILES string of the molecule is c1ccc(CCC(c2ccccc2)c2cncn2Cc2ccccc2)cc1. The molecule has 27 heavy (non-hydrogen) atoms. The molecule has 0 aliphatic rings. The third-order valence-electron chi connectivity index (χ3n) is 5.06. The summed E-state index contributed by atoms with van der Waals surface area (Å²) < 4.78 is 2.29. The van der Waals surface area contributed by atoms with Crippen molar-refractivity contribution in [1.82, 2.24) is 9.55 Å². The van der Waals surface area contributed by atoms with Crippen molar-refractivity contribution >= 4 is 0 Å². The quantitative estimate of drug-likeness (QED) is 0.417. The van der Waals surface area contributed by atoms with Gasteiger partial charge < -0.3 is 4.57 Å². The Morgan fingerprint density at radius 1 is 0.704 bits per heavy atom. The van der Waals surface area contributed by atoms with Crippen molar-refractivity contribution < 1.29 is 0 Å². The average molecular weight is 352 g/mol. The fourth-order valence-electron chi connectivity index (χ4n) is 3.66. The van der Waals surface area contributed by atoms with Crippen LogP contribution in [0, 0.1) is 0 Å². The molecule has 1 atom stereocenters. The van der Waals surface area contributed by atoms with Gasteiger partial charge in [0.1, 0.15) is 0 Å². The standard InChI is InChI=1S/C25H24N2/c1-4-10-21(11-5-1)16-17-24(23-14-8-3-9-15-23)25-18-26-20-27(25)19-22-12-6-2-7-13-22/h1-15,18,20,24H,16-17,19H2. The van der Waals surface area contributed by atoms with Crippen LogP contribution in [0.4, 0.5) is 0 Å². The normalized spacial score (nSPS) is 12.0. The van der Waals surface area contributed by atoms with E-state index < -0.39 is 0 Å². The molecular weight excluding hydrogens is 328 g/mol. The Hall–Kier alpha value is -3.13. The van der Waals surface area contributed by atoms with Crippen molar-refractivity contribution in [2.24, 2.45) is 0 Å². The van der Waals surface area contributed by atoms with Gasteiger partial charge in [-0.25, -0.2) is 4.98 Å². The van der Waals surface area contributed by atoms with Crippen LogP contribution in [0.1, 0.15) is 34.7 Å². The number of rotatable bonds is 7. The summed E-state index contributed by atoms with van der Waals surface area (Å²) in [7, 11) is 0. The lowest BCUT2D eigenvalue weighted by Crippen LogP contribution is -2.11. The molecule has 0 radical (unpaired) electrons. The fraction of sp³-hybridized carbons (Fsp3) is 0.160. The molecule has 0 aliphatic carbocycles. The summed E-state index contributed by atoms with van der Waals surface area (Å²) >= 11 is 0. The lowest BCUT2D eigenvalue weighted by atomic mass is 9.89. The van der Waals surface area contributed by atoms with Gasteiger partial charge in [0.25, 0.3) is 0 Å². The molecule has 2 heteroatoms. The van der Waals surface area contributed by atoms with Crippen molar-refractivity contribution in [3.63, 3.8) is 0 Å². The molecule has 0 fully saturated rings. The van der Waals surface area contributed by atoms with Crippen LogP contribution in [0.5, 0.6) is 0 Å². The number of benzene rings is 3. The highest BCUT2D eigenvalue weighted by Gasteiger charge is 2.18. The third-order valence-corrected chi connectivity index (χ3v) is 5.06. The van der Waals surface area contributed by atoms with Crippen molar-refractivity contribution in [3.05, 3.63) is 126 Å². The zero-order valence-corrected chi connectivity index (χ0v) is 15.4. The van der Waals surface area contributed by atoms with Gasteiger partial charge in [-0.3, -0.25) is 0 Å². The molecular formula is C25H24N2. The second kappa shape index (κ2) is 8.50. The lowest BCUT2D eigenvalue weighted by molar-refractivity contribution is 0.639. The van der Waals surface area contributed by atoms with Crippen LogP contribution in [-0.2, 0) is 13.0 Å². The highest BCUT2D eigenvalue weighted by Crippen LogP contribution is 2.29. The minimum atomic E-state index is 0.331. The number of aryl methyl sites for hydroxylation is 1. The van der Waals surface area contributed by atoms with E-state index in [1.165, 1.54) is 22.4 Å². The third kappa shape index (κ3) is 4.35. The van der Waals surface area contributed by atoms with Gasteiger partial charge in [-0.1, -0.05) is 91.0 Å². The smallest absolute Gasteiger partial charge is 0.0951 e. The van der Waals surface area contributed by atoms with Gasteiger partial charge in [0, 0.05) is 24.4 Å². The maximum Gasteiger partial charge on any atom is 0.0951 e. The monoisotopic (exact) mass is 352 g/mol. The second-order valence-corrected chi connectivity index (χ2v) is 6.92. The maximum absolute atomic E-state index is 4.48. The van der Waals surface area contributed by atoms with Crippen LogP contribution in [-0.4, -0.2) is 9.55 Å². The van der Waals surface area contributed by atoms with E-state index in [1.807, 2.05) is 12.5 Å². The van der Waals surface area contributed by atoms with Crippen LogP contribution in [0.3, 0.4) is 0 Å². The van der Waals surface area contributed by atoms with Gasteiger partial charge in [0.15, 0.2) is 0 Å². The molecule has 0 saturated heterocycles. The van der Waals surface area contributed by atoms with Crippen LogP contribution in [0.2, 0.25) is 0 Å². The molecule has 4 rings (SSSR count). The first kappa shape index (κ1) is 17.3. The fourth-order valence-corrected chi connectivity index (χ4v) is 3.66. The first-order chi connectivity index (χ1) is 13.4. The summed E-state index contributed by atoms with van der Waals surface area (Å²) in [5, 5.41) is 0. The number of hydrogen-bond donors (Lipinski definition) is 0. The Morgan fingerprint density at radius 2 is 1.30 bits per heavy atom. The second-order valence-electron chi connectivity index (χ2n) is 6.92. The van der Waals surface area contributed by atoms with Crippen molar-refractivity contribution in [2.75, 3.05) is 0 Å². The van der Waals surface area contributed by atoms with Crippen LogP contribution >= 0.6 is 0 Å². The Labute approximate surface area is 161 Å². The Morgan fingerprint density at radius 3 is 1.96 bits per heavy atom. The Bertz CT molecular complexity index is 943. The number of aromatic nitrogens is 2. The number of hydrogen-bond acceptors (Lipinski definition) is 1. The van der Waals surface area contributed by atoms with Gasteiger partial charge in [-0.05, 0) is 29.5 Å². The van der Waals surface area contributed by atoms with Gasteiger partial charge in [0.2, 0.25) is 0 Å². The maximum atomic E-state index is 4.48. The van der Waals surface area contributed by atoms with E-state index in [9.17, 15) is 0 Å². The molecule has 0 saturated carbocycles. The van der Waals surface area contributed by atoms with Crippen LogP contribution in [0.25, 0.3) is 0 Å². The van der Waals surface area contributed by atoms with E-state index in [2.05, 4.69) is 101 Å². The molecule has 2 nitrogen and oxygen atoms in total. The van der Waals surface area contributed by atoms with E-state index in [4.69, 9.17) is 0 Å². The predicted octanol–water partition coefficient (Wildman–Crippen LogP) is 5.70. The van der Waals surface area contributed by atoms with Crippen molar-refractivity contribution in [1.29, 1.82) is 0 Å². The molecule has 0 aliphatic heterocycles. The minimum Gasteiger partial charge on any atom is -0.330 e. The molecule has 134 valence electrons. The lowest BCUT2D eigenvalue weighted by Gasteiger charge is -2.20. The first-order valence-electron chi connectivity index (χ1n) is 9.53. The topological polar surface area (TPSA) is 17.8 Å². The van der Waals surface area contributed by atoms with Gasteiger partial charge in [-0.2, -0.15) is 0 Å². The minimum absolute atomic E-state index is 0.331. The summed E-state index contributed by atoms with van der Waals surface area (Å²) in [6, 6.07) is 32.1. The van der Waals surface area contributed by atoms with Crippen molar-refractivity contribution in [3.8, 4) is 0 Å². The highest BCUT2D eigenvalue weighted by molar-refractivity contribution is 5.29. The molecule has 1 unspecified atom stereocenters. The molecule has 0 bridgehead atoms. The van der Waals surface area contributed by atoms with Crippen LogP contribution in [0.15, 0.2) is 104 Å². The molecule has 1 heterocycles. The zero-order chi connectivity index (χ0) is 18.3. The van der Waals surface area contributed by atoms with E-state index in [-0.39, 0.29) is 0 Å². The molecule has 0 N–H and O–H groups in total.